The van der Waals surface area contributed by atoms with Crippen LogP contribution < -0.4 is 5.32 Å². The van der Waals surface area contributed by atoms with E-state index < -0.39 is 17.2 Å². The molecule has 2 unspecified atom stereocenters. The summed E-state index contributed by atoms with van der Waals surface area (Å²) in [5.74, 6) is -0.900. The number of fused-ring (bicyclic) bond motifs is 2. The number of hydrogen-bond donors (Lipinski definition) is 1. The molecule has 1 N–H and O–H groups in total. The normalized spacial score (nSPS) is 29.2. The quantitative estimate of drug-likeness (QED) is 0.825. The third-order valence-corrected chi connectivity index (χ3v) is 3.95. The number of nitrogens with zero attached hydrogens (tertiary/aromatic N) is 1. The number of alkyl halides is 3. The van der Waals surface area contributed by atoms with Crippen LogP contribution in [0.3, 0.4) is 0 Å². The Hall–Kier alpha value is -0.430. The van der Waals surface area contributed by atoms with Gasteiger partial charge >= 0.3 is 5.51 Å². The average molecular weight is 268 g/mol. The highest BCUT2D eigenvalue weighted by Crippen LogP contribution is 2.30. The fourth-order valence-electron chi connectivity index (χ4n) is 2.40. The number of carbonyl (C=O) groups excluding carboxylic acids is 1. The molecule has 1 amide bonds. The molecular weight excluding hydrogens is 253 g/mol. The molecule has 0 aromatic carbocycles. The van der Waals surface area contributed by atoms with Crippen molar-refractivity contribution in [2.45, 2.75) is 36.9 Å². The van der Waals surface area contributed by atoms with Gasteiger partial charge in [0.2, 0.25) is 5.91 Å². The van der Waals surface area contributed by atoms with Crippen molar-refractivity contribution in [3.05, 3.63) is 0 Å². The van der Waals surface area contributed by atoms with E-state index in [1.165, 1.54) is 0 Å². The first-order valence-corrected chi connectivity index (χ1v) is 6.67. The van der Waals surface area contributed by atoms with Gasteiger partial charge in [-0.25, -0.2) is 0 Å². The monoisotopic (exact) mass is 268 g/mol. The molecule has 2 bridgehead atoms. The first-order chi connectivity index (χ1) is 7.94. The Kier molecular flexibility index (Phi) is 3.87. The van der Waals surface area contributed by atoms with Gasteiger partial charge in [-0.05, 0) is 31.0 Å². The van der Waals surface area contributed by atoms with Crippen LogP contribution in [-0.2, 0) is 4.79 Å². The van der Waals surface area contributed by atoms with E-state index >= 15 is 0 Å². The van der Waals surface area contributed by atoms with Crippen LogP contribution in [0.5, 0.6) is 0 Å². The molecule has 2 aliphatic heterocycles. The Morgan fingerprint density at radius 1 is 1.29 bits per heavy atom. The van der Waals surface area contributed by atoms with E-state index in [-0.39, 0.29) is 17.8 Å². The Morgan fingerprint density at radius 3 is 2.71 bits per heavy atom. The molecule has 0 aromatic rings. The van der Waals surface area contributed by atoms with Crippen molar-refractivity contribution < 1.29 is 18.0 Å². The standard InChI is InChI=1S/C10H15F3N2OS/c11-10(12,13)17-6-9(16)15-4-3-7-1-2-8(5-15)14-7/h7-8,14H,1-6H2. The van der Waals surface area contributed by atoms with Gasteiger partial charge in [-0.15, -0.1) is 0 Å². The van der Waals surface area contributed by atoms with Gasteiger partial charge in [-0.2, -0.15) is 13.2 Å². The zero-order chi connectivity index (χ0) is 12.5. The lowest BCUT2D eigenvalue weighted by Crippen LogP contribution is -2.40. The van der Waals surface area contributed by atoms with E-state index in [0.717, 1.165) is 19.3 Å². The van der Waals surface area contributed by atoms with Gasteiger partial charge in [0.15, 0.2) is 0 Å². The van der Waals surface area contributed by atoms with Crippen molar-refractivity contribution >= 4 is 17.7 Å². The third-order valence-electron chi connectivity index (χ3n) is 3.24. The molecule has 2 atom stereocenters. The Balaban J connectivity index is 1.83. The molecule has 3 nitrogen and oxygen atoms in total. The molecule has 7 heteroatoms. The molecule has 0 aromatic heterocycles. The Labute approximate surface area is 102 Å². The molecule has 0 aliphatic carbocycles. The maximum absolute atomic E-state index is 12.0. The second-order valence-corrected chi connectivity index (χ2v) is 5.54. The number of hydrogen-bond acceptors (Lipinski definition) is 3. The first kappa shape index (κ1) is 13.0. The van der Waals surface area contributed by atoms with Crippen LogP contribution in [0.15, 0.2) is 0 Å². The largest absolute Gasteiger partial charge is 0.442 e. The lowest BCUT2D eigenvalue weighted by Gasteiger charge is -2.24. The summed E-state index contributed by atoms with van der Waals surface area (Å²) in [4.78, 5) is 13.2. The summed E-state index contributed by atoms with van der Waals surface area (Å²) in [7, 11) is 0. The first-order valence-electron chi connectivity index (χ1n) is 5.68. The second kappa shape index (κ2) is 5.06. The maximum atomic E-state index is 12.0. The van der Waals surface area contributed by atoms with Crippen molar-refractivity contribution in [2.75, 3.05) is 18.8 Å². The summed E-state index contributed by atoms with van der Waals surface area (Å²) in [5, 5.41) is 3.39. The summed E-state index contributed by atoms with van der Waals surface area (Å²) in [6.07, 6.45) is 2.98. The van der Waals surface area contributed by atoms with Crippen LogP contribution in [-0.4, -0.2) is 47.2 Å². The zero-order valence-electron chi connectivity index (χ0n) is 9.29. The number of halogens is 3. The van der Waals surface area contributed by atoms with Crippen molar-refractivity contribution in [3.8, 4) is 0 Å². The summed E-state index contributed by atoms with van der Waals surface area (Å²) in [6.45, 7) is 1.12. The summed E-state index contributed by atoms with van der Waals surface area (Å²) in [5.41, 5.74) is -4.32. The topological polar surface area (TPSA) is 32.3 Å². The van der Waals surface area contributed by atoms with E-state index in [4.69, 9.17) is 0 Å². The van der Waals surface area contributed by atoms with Gasteiger partial charge < -0.3 is 10.2 Å². The fraction of sp³-hybridized carbons (Fsp3) is 0.900. The molecule has 2 saturated heterocycles. The van der Waals surface area contributed by atoms with Gasteiger partial charge in [-0.1, -0.05) is 0 Å². The Morgan fingerprint density at radius 2 is 2.00 bits per heavy atom. The van der Waals surface area contributed by atoms with E-state index in [2.05, 4.69) is 5.32 Å². The minimum atomic E-state index is -4.32. The Bertz CT molecular complexity index is 298. The highest BCUT2D eigenvalue weighted by molar-refractivity contribution is 8.00. The minimum absolute atomic E-state index is 0.249. The van der Waals surface area contributed by atoms with Crippen LogP contribution in [0.2, 0.25) is 0 Å². The zero-order valence-corrected chi connectivity index (χ0v) is 10.1. The van der Waals surface area contributed by atoms with Gasteiger partial charge in [-0.3, -0.25) is 4.79 Å². The van der Waals surface area contributed by atoms with Crippen LogP contribution in [0.4, 0.5) is 13.2 Å². The van der Waals surface area contributed by atoms with Gasteiger partial charge in [0.25, 0.3) is 0 Å². The molecule has 2 fully saturated rings. The molecule has 2 aliphatic rings. The van der Waals surface area contributed by atoms with Crippen LogP contribution in [0.25, 0.3) is 0 Å². The van der Waals surface area contributed by atoms with Gasteiger partial charge in [0, 0.05) is 25.2 Å². The lowest BCUT2D eigenvalue weighted by atomic mass is 10.1. The van der Waals surface area contributed by atoms with Gasteiger partial charge in [0.05, 0.1) is 5.75 Å². The third kappa shape index (κ3) is 3.77. The number of carbonyl (C=O) groups is 1. The molecule has 0 spiro atoms. The summed E-state index contributed by atoms with van der Waals surface area (Å²) >= 11 is -0.249. The number of amides is 1. The van der Waals surface area contributed by atoms with Crippen molar-refractivity contribution in [2.24, 2.45) is 0 Å². The lowest BCUT2D eigenvalue weighted by molar-refractivity contribution is -0.128. The smallest absolute Gasteiger partial charge is 0.340 e. The van der Waals surface area contributed by atoms with E-state index in [1.807, 2.05) is 0 Å². The maximum Gasteiger partial charge on any atom is 0.442 e. The SMILES string of the molecule is O=C(CSC(F)(F)F)N1CCC2CCC(C1)N2. The number of likely N-dealkylation sites (tertiary alicyclic amines) is 1. The van der Waals surface area contributed by atoms with Crippen LogP contribution >= 0.6 is 11.8 Å². The minimum Gasteiger partial charge on any atom is -0.340 e. The molecule has 0 saturated carbocycles. The van der Waals surface area contributed by atoms with E-state index in [0.29, 0.717) is 19.1 Å². The molecule has 98 valence electrons. The summed E-state index contributed by atoms with van der Waals surface area (Å²) in [6, 6.07) is 0.704. The van der Waals surface area contributed by atoms with Crippen LogP contribution in [0, 0.1) is 0 Å². The second-order valence-electron chi connectivity index (χ2n) is 4.50. The van der Waals surface area contributed by atoms with Crippen molar-refractivity contribution in [3.63, 3.8) is 0 Å². The van der Waals surface area contributed by atoms with Crippen molar-refractivity contribution in [1.29, 1.82) is 0 Å². The molecular formula is C10H15F3N2OS. The average Bonchev–Trinajstić information content (AvgIpc) is 2.54. The highest BCUT2D eigenvalue weighted by atomic mass is 32.2. The predicted octanol–water partition coefficient (Wildman–Crippen LogP) is 1.59. The molecule has 17 heavy (non-hydrogen) atoms. The number of thioether (sulfide) groups is 1. The number of nitrogens with one attached hydrogen (secondary N) is 1. The summed E-state index contributed by atoms with van der Waals surface area (Å²) < 4.78 is 36.0. The predicted molar refractivity (Wildman–Crippen MR) is 59.7 cm³/mol. The van der Waals surface area contributed by atoms with Gasteiger partial charge in [0.1, 0.15) is 0 Å². The molecule has 0 radical (unpaired) electrons. The van der Waals surface area contributed by atoms with Crippen molar-refractivity contribution in [1.82, 2.24) is 10.2 Å². The van der Waals surface area contributed by atoms with Crippen LogP contribution in [0.1, 0.15) is 19.3 Å². The van der Waals surface area contributed by atoms with E-state index in [1.54, 1.807) is 4.90 Å². The highest BCUT2D eigenvalue weighted by Gasteiger charge is 2.33. The molecule has 2 heterocycles. The van der Waals surface area contributed by atoms with E-state index in [9.17, 15) is 18.0 Å². The number of rotatable bonds is 2. The fourth-order valence-corrected chi connectivity index (χ4v) is 2.87. The molecule has 2 rings (SSSR count).